The number of hydrogen-bond acceptors (Lipinski definition) is 5. The third-order valence-corrected chi connectivity index (χ3v) is 14.8. The molecule has 1 amide bonds. The van der Waals surface area contributed by atoms with E-state index in [4.69, 9.17) is 4.74 Å². The summed E-state index contributed by atoms with van der Waals surface area (Å²) in [6.07, 6.45) is 71.0. The second-order valence-electron chi connectivity index (χ2n) is 21.7. The summed E-state index contributed by atoms with van der Waals surface area (Å²) >= 11 is 0. The average molecular weight is 975 g/mol. The summed E-state index contributed by atoms with van der Waals surface area (Å²) in [6.45, 7) is 4.96. The number of allylic oxidation sites excluding steroid dienone is 2. The number of ether oxygens (including phenoxy) is 1. The first-order valence-electron chi connectivity index (χ1n) is 31.4. The van der Waals surface area contributed by atoms with E-state index >= 15 is 0 Å². The third kappa shape index (κ3) is 55.8. The minimum atomic E-state index is -0.661. The first-order chi connectivity index (χ1) is 34.0. The van der Waals surface area contributed by atoms with Gasteiger partial charge >= 0.3 is 5.97 Å². The molecule has 0 rings (SSSR count). The molecule has 0 bridgehead atoms. The van der Waals surface area contributed by atoms with Crippen molar-refractivity contribution >= 4 is 11.9 Å². The minimum absolute atomic E-state index is 0.0190. The fourth-order valence-corrected chi connectivity index (χ4v) is 9.99. The summed E-state index contributed by atoms with van der Waals surface area (Å²) in [4.78, 5) is 24.5. The van der Waals surface area contributed by atoms with Crippen LogP contribution >= 0.6 is 0 Å². The second-order valence-corrected chi connectivity index (χ2v) is 21.7. The van der Waals surface area contributed by atoms with E-state index in [1.807, 2.05) is 0 Å². The van der Waals surface area contributed by atoms with Crippen LogP contribution in [0, 0.1) is 0 Å². The van der Waals surface area contributed by atoms with E-state index in [2.05, 4.69) is 31.3 Å². The lowest BCUT2D eigenvalue weighted by Crippen LogP contribution is -2.45. The van der Waals surface area contributed by atoms with Gasteiger partial charge in [0, 0.05) is 12.8 Å². The number of aliphatic hydroxyl groups is 2. The first-order valence-corrected chi connectivity index (χ1v) is 31.4. The highest BCUT2D eigenvalue weighted by molar-refractivity contribution is 5.76. The number of carbonyl (C=O) groups is 2. The van der Waals surface area contributed by atoms with E-state index in [9.17, 15) is 19.8 Å². The van der Waals surface area contributed by atoms with Crippen LogP contribution in [0.25, 0.3) is 0 Å². The number of unbranched alkanes of at least 4 members (excludes halogenated alkanes) is 46. The fraction of sp³-hybridized carbons (Fsp3) is 0.937. The molecule has 6 heteroatoms. The van der Waals surface area contributed by atoms with Crippen LogP contribution in [0.2, 0.25) is 0 Å². The van der Waals surface area contributed by atoms with Gasteiger partial charge in [0.15, 0.2) is 0 Å². The predicted octanol–water partition coefficient (Wildman–Crippen LogP) is 19.6. The van der Waals surface area contributed by atoms with Gasteiger partial charge in [-0.3, -0.25) is 9.59 Å². The van der Waals surface area contributed by atoms with Crippen LogP contribution < -0.4 is 5.32 Å². The Kier molecular flexibility index (Phi) is 58.0. The zero-order valence-corrected chi connectivity index (χ0v) is 46.8. The standard InChI is InChI=1S/C63H123NO5/c1-3-5-7-9-11-13-14-15-16-31-34-37-41-45-49-53-57-63(68)69-58-54-50-46-42-38-35-32-29-27-25-23-21-19-17-18-20-22-24-26-28-30-33-36-40-44-48-52-56-62(67)64-60(59-65)61(66)55-51-47-43-39-12-10-8-6-4-2/h17-18,60-61,65-66H,3-16,19-59H2,1-2H3,(H,64,67)/b18-17-. The molecule has 0 saturated heterocycles. The predicted molar refractivity (Wildman–Crippen MR) is 301 cm³/mol. The molecule has 0 spiro atoms. The van der Waals surface area contributed by atoms with Crippen LogP contribution in [0.15, 0.2) is 12.2 Å². The molecule has 69 heavy (non-hydrogen) atoms. The van der Waals surface area contributed by atoms with Crippen molar-refractivity contribution in [2.45, 2.75) is 366 Å². The summed E-state index contributed by atoms with van der Waals surface area (Å²) in [6, 6.07) is -0.539. The first kappa shape index (κ1) is 67.6. The topological polar surface area (TPSA) is 95.9 Å². The molecule has 0 aliphatic rings. The number of esters is 1. The van der Waals surface area contributed by atoms with Crippen molar-refractivity contribution in [2.24, 2.45) is 0 Å². The van der Waals surface area contributed by atoms with Crippen molar-refractivity contribution in [1.82, 2.24) is 5.32 Å². The molecule has 0 fully saturated rings. The molecule has 410 valence electrons. The molecule has 0 aromatic rings. The largest absolute Gasteiger partial charge is 0.466 e. The zero-order chi connectivity index (χ0) is 50.0. The lowest BCUT2D eigenvalue weighted by atomic mass is 10.0. The second kappa shape index (κ2) is 59.2. The van der Waals surface area contributed by atoms with Crippen LogP contribution in [0.3, 0.4) is 0 Å². The fourth-order valence-electron chi connectivity index (χ4n) is 9.99. The normalized spacial score (nSPS) is 12.6. The minimum Gasteiger partial charge on any atom is -0.466 e. The number of rotatable bonds is 59. The van der Waals surface area contributed by atoms with Crippen molar-refractivity contribution in [2.75, 3.05) is 13.2 Å². The molecule has 0 aromatic carbocycles. The van der Waals surface area contributed by atoms with Gasteiger partial charge in [0.1, 0.15) is 0 Å². The SMILES string of the molecule is CCCCCCCCCCCCCCCCCCC(=O)OCCCCCCCCCCCCCC/C=C\CCCCCCCCCCCCCC(=O)NC(CO)C(O)CCCCCCCCCCC. The Hall–Kier alpha value is -1.40. The van der Waals surface area contributed by atoms with E-state index in [0.29, 0.717) is 25.9 Å². The summed E-state index contributed by atoms with van der Waals surface area (Å²) in [7, 11) is 0. The summed E-state index contributed by atoms with van der Waals surface area (Å²) in [5.74, 6) is -0.0178. The lowest BCUT2D eigenvalue weighted by Gasteiger charge is -2.22. The van der Waals surface area contributed by atoms with Crippen molar-refractivity contribution < 1.29 is 24.5 Å². The summed E-state index contributed by atoms with van der Waals surface area (Å²) in [5, 5.41) is 23.1. The van der Waals surface area contributed by atoms with Crippen LogP contribution in [-0.2, 0) is 14.3 Å². The quantitative estimate of drug-likeness (QED) is 0.0321. The van der Waals surface area contributed by atoms with E-state index in [0.717, 1.165) is 38.5 Å². The maximum atomic E-state index is 12.4. The summed E-state index contributed by atoms with van der Waals surface area (Å²) < 4.78 is 5.50. The van der Waals surface area contributed by atoms with Crippen LogP contribution in [0.1, 0.15) is 354 Å². The molecule has 0 heterocycles. The van der Waals surface area contributed by atoms with Gasteiger partial charge in [0.25, 0.3) is 0 Å². The molecule has 3 N–H and O–H groups in total. The Morgan fingerprint density at radius 1 is 0.391 bits per heavy atom. The lowest BCUT2D eigenvalue weighted by molar-refractivity contribution is -0.143. The number of amides is 1. The number of hydrogen-bond donors (Lipinski definition) is 3. The third-order valence-electron chi connectivity index (χ3n) is 14.8. The van der Waals surface area contributed by atoms with Crippen LogP contribution in [0.4, 0.5) is 0 Å². The Morgan fingerprint density at radius 3 is 1.03 bits per heavy atom. The van der Waals surface area contributed by atoms with Gasteiger partial charge < -0.3 is 20.3 Å². The van der Waals surface area contributed by atoms with Gasteiger partial charge in [0.2, 0.25) is 5.91 Å². The molecule has 6 nitrogen and oxygen atoms in total. The van der Waals surface area contributed by atoms with Crippen molar-refractivity contribution in [1.29, 1.82) is 0 Å². The molecule has 0 aliphatic heterocycles. The maximum absolute atomic E-state index is 12.4. The Labute approximate surface area is 431 Å². The Morgan fingerprint density at radius 2 is 0.681 bits per heavy atom. The van der Waals surface area contributed by atoms with Crippen molar-refractivity contribution in [3.63, 3.8) is 0 Å². The van der Waals surface area contributed by atoms with Gasteiger partial charge in [-0.1, -0.05) is 302 Å². The van der Waals surface area contributed by atoms with Crippen LogP contribution in [-0.4, -0.2) is 47.4 Å². The van der Waals surface area contributed by atoms with Crippen molar-refractivity contribution in [3.05, 3.63) is 12.2 Å². The van der Waals surface area contributed by atoms with Gasteiger partial charge in [-0.15, -0.1) is 0 Å². The highest BCUT2D eigenvalue weighted by Crippen LogP contribution is 2.18. The summed E-state index contributed by atoms with van der Waals surface area (Å²) in [5.41, 5.74) is 0. The highest BCUT2D eigenvalue weighted by Gasteiger charge is 2.20. The van der Waals surface area contributed by atoms with Gasteiger partial charge in [-0.05, 0) is 51.4 Å². The van der Waals surface area contributed by atoms with E-state index in [1.54, 1.807) is 0 Å². The molecular formula is C63H123NO5. The molecular weight excluding hydrogens is 851 g/mol. The van der Waals surface area contributed by atoms with E-state index < -0.39 is 12.1 Å². The zero-order valence-electron chi connectivity index (χ0n) is 46.8. The molecule has 0 saturated carbocycles. The maximum Gasteiger partial charge on any atom is 0.305 e. The Bertz CT molecular complexity index is 1030. The van der Waals surface area contributed by atoms with E-state index in [1.165, 1.54) is 283 Å². The Balaban J connectivity index is 3.33. The number of aliphatic hydroxyl groups excluding tert-OH is 2. The molecule has 2 unspecified atom stereocenters. The van der Waals surface area contributed by atoms with Gasteiger partial charge in [-0.25, -0.2) is 0 Å². The smallest absolute Gasteiger partial charge is 0.305 e. The van der Waals surface area contributed by atoms with E-state index in [-0.39, 0.29) is 18.5 Å². The molecule has 2 atom stereocenters. The molecule has 0 aromatic heterocycles. The van der Waals surface area contributed by atoms with Crippen molar-refractivity contribution in [3.8, 4) is 0 Å². The number of carbonyl (C=O) groups excluding carboxylic acids is 2. The number of nitrogens with one attached hydrogen (secondary N) is 1. The van der Waals surface area contributed by atoms with Gasteiger partial charge in [0.05, 0.1) is 25.4 Å². The monoisotopic (exact) mass is 974 g/mol. The molecule has 0 aliphatic carbocycles. The van der Waals surface area contributed by atoms with Gasteiger partial charge in [-0.2, -0.15) is 0 Å². The highest BCUT2D eigenvalue weighted by atomic mass is 16.5. The molecule has 0 radical (unpaired) electrons. The van der Waals surface area contributed by atoms with Crippen LogP contribution in [0.5, 0.6) is 0 Å². The average Bonchev–Trinajstić information content (AvgIpc) is 3.35.